The molecular formula is C73H127N2O7P. The van der Waals surface area contributed by atoms with Crippen molar-refractivity contribution in [3.8, 4) is 0 Å². The van der Waals surface area contributed by atoms with Crippen molar-refractivity contribution < 1.29 is 37.3 Å². The Kier molecular flexibility index (Phi) is 58.8. The summed E-state index contributed by atoms with van der Waals surface area (Å²) in [7, 11) is 1.13. The quantitative estimate of drug-likeness (QED) is 0.0212. The van der Waals surface area contributed by atoms with Crippen LogP contribution in [0, 0.1) is 0 Å². The number of nitrogens with one attached hydrogen (secondary N) is 1. The molecule has 3 atom stereocenters. The Bertz CT molecular complexity index is 1830. The van der Waals surface area contributed by atoms with Crippen molar-refractivity contribution in [3.05, 3.63) is 122 Å². The van der Waals surface area contributed by atoms with E-state index in [1.165, 1.54) is 141 Å². The Morgan fingerprint density at radius 3 is 1.20 bits per heavy atom. The topological polar surface area (TPSA) is 114 Å². The van der Waals surface area contributed by atoms with E-state index < -0.39 is 32.5 Å². The van der Waals surface area contributed by atoms with Gasteiger partial charge in [0, 0.05) is 12.8 Å². The molecule has 0 aliphatic carbocycles. The second-order valence-electron chi connectivity index (χ2n) is 23.6. The molecule has 9 nitrogen and oxygen atoms in total. The highest BCUT2D eigenvalue weighted by atomic mass is 31.2. The van der Waals surface area contributed by atoms with Crippen LogP contribution in [0.1, 0.15) is 278 Å². The van der Waals surface area contributed by atoms with E-state index in [-0.39, 0.29) is 18.9 Å². The standard InChI is InChI=1S/C73H127N2O7P/c1-7-10-13-16-19-22-25-27-29-31-33-34-35-36-37-38-39-40-42-43-45-47-50-53-56-59-62-65-72(76)74-70(69-81-83(78,79)80-68-67-75(4,5)6)71(64-61-58-55-52-49-24-21-18-15-12-9-3)82-73(77)66-63-60-57-54-51-48-46-44-41-32-30-28-26-23-20-17-14-11-8-2/h11,14,19-20,22-23,27-30,33-34,41,44,48,51,57,60-61,64,70-71H,7-10,12-13,15-18,21,24-26,31-32,35-40,42-43,45-47,49-50,52-56,58-59,62-63,65-69H2,1-6H3,(H-,74,76,78,79)/b14-11-,22-19-,23-20-,29-27-,30-28-,34-33-,44-41-,51-48-,60-57-,64-61-. The second-order valence-corrected chi connectivity index (χ2v) is 25.0. The van der Waals surface area contributed by atoms with E-state index >= 15 is 0 Å². The zero-order chi connectivity index (χ0) is 60.7. The third kappa shape index (κ3) is 62.8. The summed E-state index contributed by atoms with van der Waals surface area (Å²) in [5.74, 6) is -0.643. The SMILES string of the molecule is CC/C=C\C/C=C\C/C=C\C/C=C\C/C=C\C/C=C\CCC(=O)OC(/C=C\CCCCCCCCCCC)C(COP(=O)([O-])OCC[N+](C)(C)C)NC(=O)CCCCCCCCCCCCCCCC/C=C\C/C=C\C/C=C\CCCCC. The lowest BCUT2D eigenvalue weighted by molar-refractivity contribution is -0.870. The van der Waals surface area contributed by atoms with Gasteiger partial charge in [0.15, 0.2) is 0 Å². The molecule has 3 unspecified atom stereocenters. The molecule has 0 aromatic rings. The summed E-state index contributed by atoms with van der Waals surface area (Å²) in [5, 5.41) is 3.01. The summed E-state index contributed by atoms with van der Waals surface area (Å²) in [6.07, 6.45) is 86.3. The fourth-order valence-corrected chi connectivity index (χ4v) is 9.93. The number of likely N-dealkylation sites (N-methyl/N-ethyl adjacent to an activating group) is 1. The van der Waals surface area contributed by atoms with E-state index in [1.807, 2.05) is 39.4 Å². The van der Waals surface area contributed by atoms with Crippen LogP contribution in [0.2, 0.25) is 0 Å². The van der Waals surface area contributed by atoms with E-state index in [1.54, 1.807) is 6.08 Å². The first-order valence-electron chi connectivity index (χ1n) is 33.8. The van der Waals surface area contributed by atoms with E-state index in [9.17, 15) is 19.0 Å². The molecule has 0 aromatic carbocycles. The van der Waals surface area contributed by atoms with Crippen LogP contribution in [0.15, 0.2) is 122 Å². The number of unbranched alkanes of at least 4 members (excludes halogenated alkanes) is 26. The van der Waals surface area contributed by atoms with Crippen LogP contribution in [-0.4, -0.2) is 69.4 Å². The molecule has 0 aliphatic rings. The molecule has 0 aliphatic heterocycles. The van der Waals surface area contributed by atoms with Crippen molar-refractivity contribution in [2.24, 2.45) is 0 Å². The average Bonchev–Trinajstić information content (AvgIpc) is 3.51. The second kappa shape index (κ2) is 61.5. The normalized spacial score (nSPS) is 14.3. The molecule has 10 heteroatoms. The minimum absolute atomic E-state index is 0.0389. The molecule has 0 rings (SSSR count). The highest BCUT2D eigenvalue weighted by Gasteiger charge is 2.27. The van der Waals surface area contributed by atoms with Gasteiger partial charge in [0.2, 0.25) is 5.91 Å². The van der Waals surface area contributed by atoms with Crippen LogP contribution >= 0.6 is 7.82 Å². The fraction of sp³-hybridized carbons (Fsp3) is 0.699. The van der Waals surface area contributed by atoms with Gasteiger partial charge in [-0.1, -0.05) is 277 Å². The molecule has 1 amide bonds. The number of hydrogen-bond acceptors (Lipinski definition) is 7. The number of phosphoric acid groups is 1. The monoisotopic (exact) mass is 1170 g/mol. The van der Waals surface area contributed by atoms with Gasteiger partial charge in [-0.3, -0.25) is 14.2 Å². The Labute approximate surface area is 512 Å². The molecule has 1 N–H and O–H groups in total. The summed E-state index contributed by atoms with van der Waals surface area (Å²) >= 11 is 0. The van der Waals surface area contributed by atoms with Gasteiger partial charge in [0.1, 0.15) is 19.3 Å². The molecule has 0 saturated heterocycles. The average molecular weight is 1180 g/mol. The Morgan fingerprint density at radius 1 is 0.434 bits per heavy atom. The summed E-state index contributed by atoms with van der Waals surface area (Å²) < 4.78 is 30.3. The highest BCUT2D eigenvalue weighted by molar-refractivity contribution is 7.45. The van der Waals surface area contributed by atoms with E-state index in [4.69, 9.17) is 13.8 Å². The van der Waals surface area contributed by atoms with Gasteiger partial charge in [-0.2, -0.15) is 0 Å². The van der Waals surface area contributed by atoms with E-state index in [2.05, 4.69) is 123 Å². The maximum atomic E-state index is 13.6. The third-order valence-electron chi connectivity index (χ3n) is 14.4. The molecule has 0 saturated carbocycles. The third-order valence-corrected chi connectivity index (χ3v) is 15.4. The van der Waals surface area contributed by atoms with Crippen molar-refractivity contribution >= 4 is 19.7 Å². The number of rotatable bonds is 60. The summed E-state index contributed by atoms with van der Waals surface area (Å²) in [5.41, 5.74) is 0. The van der Waals surface area contributed by atoms with Crippen LogP contribution in [0.25, 0.3) is 0 Å². The van der Waals surface area contributed by atoms with Crippen molar-refractivity contribution in [2.45, 2.75) is 290 Å². The number of amides is 1. The predicted molar refractivity (Wildman–Crippen MR) is 357 cm³/mol. The first-order chi connectivity index (χ1) is 40.4. The number of hydrogen-bond donors (Lipinski definition) is 1. The van der Waals surface area contributed by atoms with Crippen molar-refractivity contribution in [3.63, 3.8) is 0 Å². The predicted octanol–water partition coefficient (Wildman–Crippen LogP) is 20.8. The minimum atomic E-state index is -4.72. The lowest BCUT2D eigenvalue weighted by atomic mass is 10.0. The maximum Gasteiger partial charge on any atom is 0.306 e. The van der Waals surface area contributed by atoms with Crippen molar-refractivity contribution in [1.82, 2.24) is 5.32 Å². The smallest absolute Gasteiger partial charge is 0.306 e. The number of allylic oxidation sites excluding steroid dienone is 19. The number of phosphoric ester groups is 1. The van der Waals surface area contributed by atoms with Crippen LogP contribution in [-0.2, 0) is 27.9 Å². The Morgan fingerprint density at radius 2 is 0.783 bits per heavy atom. The number of quaternary nitrogens is 1. The molecule has 0 heterocycles. The number of esters is 1. The first-order valence-corrected chi connectivity index (χ1v) is 35.3. The van der Waals surface area contributed by atoms with Gasteiger partial charge >= 0.3 is 5.97 Å². The molecular weight excluding hydrogens is 1050 g/mol. The summed E-state index contributed by atoms with van der Waals surface area (Å²) in [6, 6.07) is -0.927. The van der Waals surface area contributed by atoms with E-state index in [0.717, 1.165) is 96.3 Å². The molecule has 0 bridgehead atoms. The van der Waals surface area contributed by atoms with Crippen LogP contribution < -0.4 is 10.2 Å². The first kappa shape index (κ1) is 79.4. The number of carbonyl (C=O) groups is 2. The van der Waals surface area contributed by atoms with Crippen LogP contribution in [0.3, 0.4) is 0 Å². The molecule has 0 aromatic heterocycles. The molecule has 0 radical (unpaired) electrons. The lowest BCUT2D eigenvalue weighted by Crippen LogP contribution is -2.47. The van der Waals surface area contributed by atoms with Crippen LogP contribution in [0.4, 0.5) is 0 Å². The minimum Gasteiger partial charge on any atom is -0.756 e. The zero-order valence-electron chi connectivity index (χ0n) is 54.4. The van der Waals surface area contributed by atoms with Gasteiger partial charge in [0.05, 0.1) is 33.8 Å². The Balaban J connectivity index is 5.13. The van der Waals surface area contributed by atoms with Gasteiger partial charge < -0.3 is 28.5 Å². The van der Waals surface area contributed by atoms with Gasteiger partial charge in [0.25, 0.3) is 7.82 Å². The summed E-state index contributed by atoms with van der Waals surface area (Å²) in [6.45, 7) is 6.65. The Hall–Kier alpha value is -3.59. The van der Waals surface area contributed by atoms with Gasteiger partial charge in [-0.25, -0.2) is 0 Å². The van der Waals surface area contributed by atoms with Crippen molar-refractivity contribution in [1.29, 1.82) is 0 Å². The molecule has 0 fully saturated rings. The van der Waals surface area contributed by atoms with Crippen LogP contribution in [0.5, 0.6) is 0 Å². The lowest BCUT2D eigenvalue weighted by Gasteiger charge is -2.30. The number of nitrogens with zero attached hydrogens (tertiary/aromatic N) is 1. The number of carbonyl (C=O) groups excluding carboxylic acids is 2. The molecule has 0 spiro atoms. The molecule has 476 valence electrons. The summed E-state index contributed by atoms with van der Waals surface area (Å²) in [4.78, 5) is 40.0. The number of ether oxygens (including phenoxy) is 1. The van der Waals surface area contributed by atoms with Gasteiger partial charge in [-0.05, 0) is 109 Å². The van der Waals surface area contributed by atoms with E-state index in [0.29, 0.717) is 23.9 Å². The largest absolute Gasteiger partial charge is 0.756 e. The van der Waals surface area contributed by atoms with Gasteiger partial charge in [-0.15, -0.1) is 0 Å². The molecule has 83 heavy (non-hydrogen) atoms. The fourth-order valence-electron chi connectivity index (χ4n) is 9.20. The maximum absolute atomic E-state index is 13.6. The van der Waals surface area contributed by atoms with Crippen molar-refractivity contribution in [2.75, 3.05) is 40.9 Å². The highest BCUT2D eigenvalue weighted by Crippen LogP contribution is 2.38. The zero-order valence-corrected chi connectivity index (χ0v) is 55.3.